The van der Waals surface area contributed by atoms with Gasteiger partial charge >= 0.3 is 0 Å². The van der Waals surface area contributed by atoms with Crippen molar-refractivity contribution in [3.63, 3.8) is 0 Å². The van der Waals surface area contributed by atoms with E-state index in [0.29, 0.717) is 24.5 Å². The zero-order valence-corrected chi connectivity index (χ0v) is 13.7. The van der Waals surface area contributed by atoms with Crippen LogP contribution in [0, 0.1) is 13.8 Å². The average Bonchev–Trinajstić information content (AvgIpc) is 2.52. The fourth-order valence-electron chi connectivity index (χ4n) is 2.39. The van der Waals surface area contributed by atoms with E-state index in [4.69, 9.17) is 15.3 Å². The van der Waals surface area contributed by atoms with Gasteiger partial charge in [0.05, 0.1) is 6.61 Å². The maximum atomic E-state index is 11.7. The van der Waals surface area contributed by atoms with Gasteiger partial charge in [-0.2, -0.15) is 0 Å². The molecule has 5 nitrogen and oxygen atoms in total. The number of aryl methyl sites for hydroxylation is 2. The third-order valence-electron chi connectivity index (χ3n) is 3.34. The Morgan fingerprint density at radius 3 is 2.39 bits per heavy atom. The van der Waals surface area contributed by atoms with E-state index in [9.17, 15) is 4.79 Å². The highest BCUT2D eigenvalue weighted by molar-refractivity contribution is 5.94. The molecule has 0 atom stereocenters. The first kappa shape index (κ1) is 16.8. The first-order chi connectivity index (χ1) is 11.0. The van der Waals surface area contributed by atoms with Gasteiger partial charge in [-0.3, -0.25) is 10.2 Å². The monoisotopic (exact) mass is 314 g/mol. The normalized spacial score (nSPS) is 10.3. The largest absolute Gasteiger partial charge is 0.493 e. The van der Waals surface area contributed by atoms with Crippen LogP contribution >= 0.6 is 0 Å². The Morgan fingerprint density at radius 2 is 1.78 bits per heavy atom. The Hall–Kier alpha value is -2.53. The van der Waals surface area contributed by atoms with E-state index in [-0.39, 0.29) is 5.91 Å². The number of hydrogen-bond acceptors (Lipinski definition) is 4. The lowest BCUT2D eigenvalue weighted by molar-refractivity contribution is 0.0953. The highest BCUT2D eigenvalue weighted by atomic mass is 16.5. The molecule has 0 heterocycles. The van der Waals surface area contributed by atoms with Crippen LogP contribution in [0.25, 0.3) is 0 Å². The van der Waals surface area contributed by atoms with Gasteiger partial charge in [0.15, 0.2) is 0 Å². The van der Waals surface area contributed by atoms with Gasteiger partial charge in [0.2, 0.25) is 0 Å². The van der Waals surface area contributed by atoms with Crippen molar-refractivity contribution in [3.8, 4) is 11.5 Å². The average molecular weight is 314 g/mol. The Balaban J connectivity index is 2.23. The molecule has 0 saturated carbocycles. The van der Waals surface area contributed by atoms with E-state index in [1.807, 2.05) is 32.9 Å². The summed E-state index contributed by atoms with van der Waals surface area (Å²) in [5.41, 5.74) is 5.67. The number of nitrogen functional groups attached to an aromatic ring is 1. The molecule has 5 heteroatoms. The molecule has 2 aromatic rings. The second-order valence-electron chi connectivity index (χ2n) is 5.34. The van der Waals surface area contributed by atoms with E-state index >= 15 is 0 Å². The van der Waals surface area contributed by atoms with Crippen molar-refractivity contribution in [3.05, 3.63) is 58.7 Å². The second-order valence-corrected chi connectivity index (χ2v) is 5.34. The summed E-state index contributed by atoms with van der Waals surface area (Å²) in [7, 11) is 0. The van der Waals surface area contributed by atoms with Crippen molar-refractivity contribution in [2.45, 2.75) is 27.4 Å². The third kappa shape index (κ3) is 4.47. The van der Waals surface area contributed by atoms with Crippen molar-refractivity contribution in [1.82, 2.24) is 5.43 Å². The van der Waals surface area contributed by atoms with Crippen LogP contribution in [0.2, 0.25) is 0 Å². The molecular weight excluding hydrogens is 292 g/mol. The van der Waals surface area contributed by atoms with Crippen molar-refractivity contribution >= 4 is 5.91 Å². The smallest absolute Gasteiger partial charge is 0.265 e. The summed E-state index contributed by atoms with van der Waals surface area (Å²) in [6.45, 7) is 6.81. The first-order valence-electron chi connectivity index (χ1n) is 7.51. The molecule has 0 fully saturated rings. The number of carbonyl (C=O) groups excluding carboxylic acids is 1. The maximum absolute atomic E-state index is 11.7. The summed E-state index contributed by atoms with van der Waals surface area (Å²) < 4.78 is 11.5. The number of ether oxygens (including phenoxy) is 2. The molecule has 0 radical (unpaired) electrons. The number of hydrazine groups is 1. The SMILES string of the molecule is CCOc1ccc(C(=O)NN)cc1COc1cc(C)cc(C)c1. The quantitative estimate of drug-likeness (QED) is 0.488. The lowest BCUT2D eigenvalue weighted by Crippen LogP contribution is -2.30. The Bertz CT molecular complexity index is 678. The molecule has 0 aliphatic rings. The summed E-state index contributed by atoms with van der Waals surface area (Å²) >= 11 is 0. The minimum atomic E-state index is -0.347. The Labute approximate surface area is 136 Å². The molecule has 0 saturated heterocycles. The molecule has 122 valence electrons. The number of nitrogens with two attached hydrogens (primary N) is 1. The van der Waals surface area contributed by atoms with Crippen LogP contribution in [0.15, 0.2) is 36.4 Å². The number of rotatable bonds is 6. The van der Waals surface area contributed by atoms with Crippen LogP contribution < -0.4 is 20.7 Å². The van der Waals surface area contributed by atoms with Gasteiger partial charge in [0, 0.05) is 11.1 Å². The molecule has 2 rings (SSSR count). The Morgan fingerprint density at radius 1 is 1.09 bits per heavy atom. The van der Waals surface area contributed by atoms with Gasteiger partial charge in [0.25, 0.3) is 5.91 Å². The van der Waals surface area contributed by atoms with Crippen molar-refractivity contribution in [1.29, 1.82) is 0 Å². The number of hydrogen-bond donors (Lipinski definition) is 2. The molecule has 2 aromatic carbocycles. The maximum Gasteiger partial charge on any atom is 0.265 e. The summed E-state index contributed by atoms with van der Waals surface area (Å²) in [5, 5.41) is 0. The summed E-state index contributed by atoms with van der Waals surface area (Å²) in [6.07, 6.45) is 0. The molecule has 23 heavy (non-hydrogen) atoms. The van der Waals surface area contributed by atoms with Crippen LogP contribution in [0.1, 0.15) is 34.0 Å². The van der Waals surface area contributed by atoms with Crippen molar-refractivity contribution < 1.29 is 14.3 Å². The van der Waals surface area contributed by atoms with Gasteiger partial charge in [0.1, 0.15) is 18.1 Å². The molecule has 0 aliphatic heterocycles. The van der Waals surface area contributed by atoms with Gasteiger partial charge in [-0.05, 0) is 62.2 Å². The van der Waals surface area contributed by atoms with Crippen LogP contribution in [-0.4, -0.2) is 12.5 Å². The molecule has 0 aliphatic carbocycles. The van der Waals surface area contributed by atoms with Crippen LogP contribution in [-0.2, 0) is 6.61 Å². The first-order valence-corrected chi connectivity index (χ1v) is 7.51. The zero-order valence-electron chi connectivity index (χ0n) is 13.7. The molecule has 0 unspecified atom stereocenters. The lowest BCUT2D eigenvalue weighted by atomic mass is 10.1. The lowest BCUT2D eigenvalue weighted by Gasteiger charge is -2.13. The third-order valence-corrected chi connectivity index (χ3v) is 3.34. The zero-order chi connectivity index (χ0) is 16.8. The second kappa shape index (κ2) is 7.65. The van der Waals surface area contributed by atoms with Crippen LogP contribution in [0.5, 0.6) is 11.5 Å². The highest BCUT2D eigenvalue weighted by Gasteiger charge is 2.10. The molecule has 0 bridgehead atoms. The topological polar surface area (TPSA) is 73.6 Å². The van der Waals surface area contributed by atoms with Crippen LogP contribution in [0.3, 0.4) is 0 Å². The number of carbonyl (C=O) groups is 1. The Kier molecular flexibility index (Phi) is 5.60. The van der Waals surface area contributed by atoms with Gasteiger partial charge in [-0.1, -0.05) is 6.07 Å². The number of benzene rings is 2. The van der Waals surface area contributed by atoms with E-state index in [1.54, 1.807) is 18.2 Å². The predicted octanol–water partition coefficient (Wildman–Crippen LogP) is 2.88. The summed E-state index contributed by atoms with van der Waals surface area (Å²) in [5.74, 6) is 6.33. The minimum absolute atomic E-state index is 0.309. The highest BCUT2D eigenvalue weighted by Crippen LogP contribution is 2.24. The van der Waals surface area contributed by atoms with Gasteiger partial charge in [-0.25, -0.2) is 5.84 Å². The predicted molar refractivity (Wildman–Crippen MR) is 89.5 cm³/mol. The minimum Gasteiger partial charge on any atom is -0.493 e. The molecule has 0 aromatic heterocycles. The molecule has 0 spiro atoms. The standard InChI is InChI=1S/C18H22N2O3/c1-4-22-17-6-5-14(18(21)20-19)10-15(17)11-23-16-8-12(2)7-13(3)9-16/h5-10H,4,11,19H2,1-3H3,(H,20,21). The van der Waals surface area contributed by atoms with E-state index in [0.717, 1.165) is 22.4 Å². The summed E-state index contributed by atoms with van der Waals surface area (Å²) in [6, 6.07) is 11.2. The molecular formula is C18H22N2O3. The summed E-state index contributed by atoms with van der Waals surface area (Å²) in [4.78, 5) is 11.7. The van der Waals surface area contributed by atoms with E-state index in [1.165, 1.54) is 0 Å². The molecule has 3 N–H and O–H groups in total. The molecule has 1 amide bonds. The fraction of sp³-hybridized carbons (Fsp3) is 0.278. The van der Waals surface area contributed by atoms with Gasteiger partial charge < -0.3 is 9.47 Å². The van der Waals surface area contributed by atoms with Gasteiger partial charge in [-0.15, -0.1) is 0 Å². The van der Waals surface area contributed by atoms with Crippen molar-refractivity contribution in [2.75, 3.05) is 6.61 Å². The van der Waals surface area contributed by atoms with E-state index in [2.05, 4.69) is 11.5 Å². The van der Waals surface area contributed by atoms with Crippen molar-refractivity contribution in [2.24, 2.45) is 5.84 Å². The number of amides is 1. The van der Waals surface area contributed by atoms with Crippen LogP contribution in [0.4, 0.5) is 0 Å². The fourth-order valence-corrected chi connectivity index (χ4v) is 2.39. The van der Waals surface area contributed by atoms with E-state index < -0.39 is 0 Å². The number of nitrogens with one attached hydrogen (secondary N) is 1.